The standard InChI is InChI=1S/C20H18N4O2/c1-23-13-15(12-21-23)19(25)20(26)22-16-7-3-5-9-18(16)24-11-10-14-6-2-4-8-17(14)24/h2-9,12-13H,10-11H2,1H3,(H,22,26). The van der Waals surface area contributed by atoms with Crippen molar-refractivity contribution in [3.63, 3.8) is 0 Å². The molecule has 6 heteroatoms. The molecule has 2 aromatic carbocycles. The van der Waals surface area contributed by atoms with Gasteiger partial charge in [0.1, 0.15) is 0 Å². The number of amides is 1. The van der Waals surface area contributed by atoms with E-state index in [0.717, 1.165) is 24.3 Å². The van der Waals surface area contributed by atoms with Gasteiger partial charge in [-0.1, -0.05) is 30.3 Å². The molecule has 0 unspecified atom stereocenters. The number of para-hydroxylation sites is 3. The lowest BCUT2D eigenvalue weighted by Crippen LogP contribution is -2.24. The number of anilines is 3. The average molecular weight is 346 g/mol. The largest absolute Gasteiger partial charge is 0.339 e. The third kappa shape index (κ3) is 2.86. The summed E-state index contributed by atoms with van der Waals surface area (Å²) in [4.78, 5) is 26.9. The van der Waals surface area contributed by atoms with Gasteiger partial charge in [0.05, 0.1) is 23.1 Å². The highest BCUT2D eigenvalue weighted by Gasteiger charge is 2.24. The van der Waals surface area contributed by atoms with E-state index in [4.69, 9.17) is 0 Å². The molecule has 0 fully saturated rings. The molecule has 0 spiro atoms. The summed E-state index contributed by atoms with van der Waals surface area (Å²) in [5, 5.41) is 6.70. The van der Waals surface area contributed by atoms with Gasteiger partial charge >= 0.3 is 0 Å². The van der Waals surface area contributed by atoms with Crippen molar-refractivity contribution in [3.05, 3.63) is 72.1 Å². The molecule has 1 N–H and O–H groups in total. The highest BCUT2D eigenvalue weighted by molar-refractivity contribution is 6.46. The Kier molecular flexibility index (Phi) is 4.01. The summed E-state index contributed by atoms with van der Waals surface area (Å²) in [5.74, 6) is -1.27. The molecule has 0 saturated carbocycles. The minimum atomic E-state index is -0.669. The van der Waals surface area contributed by atoms with Crippen LogP contribution >= 0.6 is 0 Å². The molecule has 1 amide bonds. The third-order valence-electron chi connectivity index (χ3n) is 4.50. The second kappa shape index (κ2) is 6.48. The smallest absolute Gasteiger partial charge is 0.296 e. The van der Waals surface area contributed by atoms with Crippen LogP contribution in [0.3, 0.4) is 0 Å². The SMILES string of the molecule is Cn1cc(C(=O)C(=O)Nc2ccccc2N2CCc3ccccc32)cn1. The normalized spacial score (nSPS) is 12.7. The van der Waals surface area contributed by atoms with E-state index in [0.29, 0.717) is 5.69 Å². The van der Waals surface area contributed by atoms with Gasteiger partial charge in [0.15, 0.2) is 0 Å². The second-order valence-corrected chi connectivity index (χ2v) is 6.23. The fourth-order valence-corrected chi connectivity index (χ4v) is 3.25. The van der Waals surface area contributed by atoms with Crippen molar-refractivity contribution in [2.24, 2.45) is 7.05 Å². The predicted molar refractivity (Wildman–Crippen MR) is 99.8 cm³/mol. The zero-order valence-corrected chi connectivity index (χ0v) is 14.3. The number of hydrogen-bond donors (Lipinski definition) is 1. The lowest BCUT2D eigenvalue weighted by Gasteiger charge is -2.22. The van der Waals surface area contributed by atoms with Crippen LogP contribution in [0.1, 0.15) is 15.9 Å². The number of fused-ring (bicyclic) bond motifs is 1. The quantitative estimate of drug-likeness (QED) is 0.583. The summed E-state index contributed by atoms with van der Waals surface area (Å²) >= 11 is 0. The third-order valence-corrected chi connectivity index (χ3v) is 4.50. The van der Waals surface area contributed by atoms with Gasteiger partial charge in [-0.25, -0.2) is 0 Å². The lowest BCUT2D eigenvalue weighted by molar-refractivity contribution is -0.112. The average Bonchev–Trinajstić information content (AvgIpc) is 3.28. The summed E-state index contributed by atoms with van der Waals surface area (Å²) < 4.78 is 1.50. The molecule has 1 aromatic heterocycles. The maximum atomic E-state index is 12.4. The summed E-state index contributed by atoms with van der Waals surface area (Å²) in [6, 6.07) is 15.7. The van der Waals surface area contributed by atoms with Gasteiger partial charge in [0.2, 0.25) is 0 Å². The predicted octanol–water partition coefficient (Wildman–Crippen LogP) is 2.94. The van der Waals surface area contributed by atoms with Crippen molar-refractivity contribution in [3.8, 4) is 0 Å². The summed E-state index contributed by atoms with van der Waals surface area (Å²) in [6.07, 6.45) is 3.88. The highest BCUT2D eigenvalue weighted by Crippen LogP contribution is 2.38. The number of aromatic nitrogens is 2. The Morgan fingerprint density at radius 3 is 2.54 bits per heavy atom. The zero-order valence-electron chi connectivity index (χ0n) is 14.3. The first-order chi connectivity index (χ1) is 12.6. The number of carbonyl (C=O) groups excluding carboxylic acids is 2. The first-order valence-electron chi connectivity index (χ1n) is 8.42. The number of rotatable bonds is 4. The summed E-state index contributed by atoms with van der Waals surface area (Å²) in [6.45, 7) is 0.836. The van der Waals surface area contributed by atoms with E-state index in [9.17, 15) is 9.59 Å². The van der Waals surface area contributed by atoms with E-state index < -0.39 is 11.7 Å². The van der Waals surface area contributed by atoms with Crippen molar-refractivity contribution in [2.75, 3.05) is 16.8 Å². The van der Waals surface area contributed by atoms with E-state index in [1.807, 2.05) is 36.4 Å². The minimum absolute atomic E-state index is 0.272. The Balaban J connectivity index is 1.61. The Hall–Kier alpha value is -3.41. The number of benzene rings is 2. The van der Waals surface area contributed by atoms with Gasteiger partial charge in [-0.15, -0.1) is 0 Å². The first kappa shape index (κ1) is 16.1. The summed E-state index contributed by atoms with van der Waals surface area (Å²) in [5.41, 5.74) is 4.18. The number of ketones is 1. The van der Waals surface area contributed by atoms with Gasteiger partial charge in [-0.05, 0) is 30.2 Å². The number of aryl methyl sites for hydroxylation is 1. The number of nitrogens with zero attached hydrogens (tertiary/aromatic N) is 3. The van der Waals surface area contributed by atoms with E-state index in [-0.39, 0.29) is 5.56 Å². The number of hydrogen-bond acceptors (Lipinski definition) is 4. The van der Waals surface area contributed by atoms with Crippen molar-refractivity contribution in [1.82, 2.24) is 9.78 Å². The van der Waals surface area contributed by atoms with Gasteiger partial charge in [-0.2, -0.15) is 5.10 Å². The van der Waals surface area contributed by atoms with E-state index >= 15 is 0 Å². The molecule has 0 atom stereocenters. The van der Waals surface area contributed by atoms with Gasteiger partial charge < -0.3 is 10.2 Å². The van der Waals surface area contributed by atoms with Crippen LogP contribution in [0.15, 0.2) is 60.9 Å². The van der Waals surface area contributed by atoms with Crippen LogP contribution in [0.4, 0.5) is 17.1 Å². The van der Waals surface area contributed by atoms with Crippen LogP contribution in [0.25, 0.3) is 0 Å². The maximum Gasteiger partial charge on any atom is 0.296 e. The molecule has 0 saturated heterocycles. The molecule has 0 radical (unpaired) electrons. The second-order valence-electron chi connectivity index (χ2n) is 6.23. The first-order valence-corrected chi connectivity index (χ1v) is 8.42. The molecular weight excluding hydrogens is 328 g/mol. The van der Waals surface area contributed by atoms with E-state index in [2.05, 4.69) is 27.4 Å². The molecule has 26 heavy (non-hydrogen) atoms. The van der Waals surface area contributed by atoms with Crippen molar-refractivity contribution in [2.45, 2.75) is 6.42 Å². The molecule has 6 nitrogen and oxygen atoms in total. The fraction of sp³-hybridized carbons (Fsp3) is 0.150. The Morgan fingerprint density at radius 1 is 1.04 bits per heavy atom. The Morgan fingerprint density at radius 2 is 1.77 bits per heavy atom. The molecule has 0 aliphatic carbocycles. The Labute approximate surface area is 151 Å². The van der Waals surface area contributed by atoms with Crippen LogP contribution < -0.4 is 10.2 Å². The van der Waals surface area contributed by atoms with E-state index in [1.54, 1.807) is 7.05 Å². The van der Waals surface area contributed by atoms with Crippen LogP contribution in [0.5, 0.6) is 0 Å². The van der Waals surface area contributed by atoms with Crippen molar-refractivity contribution >= 4 is 28.8 Å². The van der Waals surface area contributed by atoms with Gasteiger partial charge in [-0.3, -0.25) is 14.3 Å². The van der Waals surface area contributed by atoms with Crippen LogP contribution in [0.2, 0.25) is 0 Å². The molecule has 1 aliphatic heterocycles. The molecule has 4 rings (SSSR count). The maximum absolute atomic E-state index is 12.4. The number of carbonyl (C=O) groups is 2. The summed E-state index contributed by atoms with van der Waals surface area (Å²) in [7, 11) is 1.70. The van der Waals surface area contributed by atoms with Gasteiger partial charge in [0.25, 0.3) is 11.7 Å². The monoisotopic (exact) mass is 346 g/mol. The van der Waals surface area contributed by atoms with Crippen LogP contribution in [0, 0.1) is 0 Å². The van der Waals surface area contributed by atoms with Crippen molar-refractivity contribution < 1.29 is 9.59 Å². The molecule has 0 bridgehead atoms. The lowest BCUT2D eigenvalue weighted by atomic mass is 10.1. The van der Waals surface area contributed by atoms with Crippen LogP contribution in [-0.4, -0.2) is 28.0 Å². The number of Topliss-reactive ketones (excluding diaryl/α,β-unsaturated/α-hetero) is 1. The molecule has 3 aromatic rings. The zero-order chi connectivity index (χ0) is 18.1. The van der Waals surface area contributed by atoms with E-state index in [1.165, 1.54) is 22.6 Å². The van der Waals surface area contributed by atoms with Gasteiger partial charge in [0, 0.05) is 25.5 Å². The Bertz CT molecular complexity index is 993. The molecule has 2 heterocycles. The van der Waals surface area contributed by atoms with Crippen LogP contribution in [-0.2, 0) is 18.3 Å². The molecule has 130 valence electrons. The fourth-order valence-electron chi connectivity index (χ4n) is 3.25. The molecular formula is C20H18N4O2. The molecule has 1 aliphatic rings. The van der Waals surface area contributed by atoms with Crippen molar-refractivity contribution in [1.29, 1.82) is 0 Å². The minimum Gasteiger partial charge on any atom is -0.339 e. The highest BCUT2D eigenvalue weighted by atomic mass is 16.2. The number of nitrogens with one attached hydrogen (secondary N) is 1. The topological polar surface area (TPSA) is 67.2 Å².